The molecular formula is C20H36. The first-order chi connectivity index (χ1) is 9.81. The molecule has 20 heavy (non-hydrogen) atoms. The average molecular weight is 277 g/mol. The summed E-state index contributed by atoms with van der Waals surface area (Å²) in [7, 11) is 0. The van der Waals surface area contributed by atoms with Gasteiger partial charge in [0, 0.05) is 0 Å². The van der Waals surface area contributed by atoms with Gasteiger partial charge < -0.3 is 0 Å². The van der Waals surface area contributed by atoms with Gasteiger partial charge in [0.25, 0.3) is 0 Å². The van der Waals surface area contributed by atoms with E-state index >= 15 is 0 Å². The van der Waals surface area contributed by atoms with E-state index < -0.39 is 0 Å². The van der Waals surface area contributed by atoms with Crippen LogP contribution >= 0.6 is 0 Å². The molecule has 2 aliphatic carbocycles. The molecule has 2 saturated carbocycles. The lowest BCUT2D eigenvalue weighted by molar-refractivity contribution is 0.247. The van der Waals surface area contributed by atoms with E-state index in [0.717, 1.165) is 23.7 Å². The normalized spacial score (nSPS) is 34.9. The average Bonchev–Trinajstić information content (AvgIpc) is 2.53. The minimum absolute atomic E-state index is 0.833. The summed E-state index contributed by atoms with van der Waals surface area (Å²) in [4.78, 5) is 0. The van der Waals surface area contributed by atoms with Crippen molar-refractivity contribution < 1.29 is 0 Å². The van der Waals surface area contributed by atoms with Crippen LogP contribution in [0.2, 0.25) is 0 Å². The quantitative estimate of drug-likeness (QED) is 0.356. The third-order valence-electron chi connectivity index (χ3n) is 6.24. The van der Waals surface area contributed by atoms with Gasteiger partial charge in [0.1, 0.15) is 0 Å². The highest BCUT2D eigenvalue weighted by Gasteiger charge is 2.21. The van der Waals surface area contributed by atoms with Crippen molar-refractivity contribution in [1.29, 1.82) is 0 Å². The Morgan fingerprint density at radius 1 is 0.750 bits per heavy atom. The van der Waals surface area contributed by atoms with Crippen LogP contribution in [0.15, 0.2) is 12.7 Å². The van der Waals surface area contributed by atoms with Crippen molar-refractivity contribution in [2.75, 3.05) is 0 Å². The van der Waals surface area contributed by atoms with Crippen LogP contribution in [0.25, 0.3) is 0 Å². The van der Waals surface area contributed by atoms with Gasteiger partial charge in [-0.1, -0.05) is 70.8 Å². The minimum atomic E-state index is 0.833. The number of hydrogen-bond donors (Lipinski definition) is 0. The summed E-state index contributed by atoms with van der Waals surface area (Å²) in [5.41, 5.74) is 0. The molecule has 2 rings (SSSR count). The largest absolute Gasteiger partial charge is 0.103 e. The Kier molecular flexibility index (Phi) is 7.17. The second-order valence-corrected chi connectivity index (χ2v) is 7.60. The summed E-state index contributed by atoms with van der Waals surface area (Å²) in [6.45, 7) is 6.32. The number of hydrogen-bond acceptors (Lipinski definition) is 0. The van der Waals surface area contributed by atoms with Gasteiger partial charge >= 0.3 is 0 Å². The van der Waals surface area contributed by atoms with E-state index in [0.29, 0.717) is 0 Å². The molecule has 0 aromatic carbocycles. The molecule has 0 saturated heterocycles. The summed E-state index contributed by atoms with van der Waals surface area (Å²) in [6.07, 6.45) is 21.5. The zero-order chi connectivity index (χ0) is 14.2. The Balaban J connectivity index is 1.49. The summed E-state index contributed by atoms with van der Waals surface area (Å²) in [5, 5.41) is 0. The van der Waals surface area contributed by atoms with Gasteiger partial charge in [0.2, 0.25) is 0 Å². The highest BCUT2D eigenvalue weighted by Crippen LogP contribution is 2.35. The van der Waals surface area contributed by atoms with Crippen molar-refractivity contribution in [2.24, 2.45) is 23.7 Å². The van der Waals surface area contributed by atoms with Crippen molar-refractivity contribution in [1.82, 2.24) is 0 Å². The molecule has 0 unspecified atom stereocenters. The van der Waals surface area contributed by atoms with Crippen molar-refractivity contribution in [3.05, 3.63) is 12.7 Å². The highest BCUT2D eigenvalue weighted by atomic mass is 14.3. The fourth-order valence-electron chi connectivity index (χ4n) is 4.51. The van der Waals surface area contributed by atoms with E-state index in [1.165, 1.54) is 83.5 Å². The second-order valence-electron chi connectivity index (χ2n) is 7.60. The Hall–Kier alpha value is -0.260. The Labute approximate surface area is 127 Å². The van der Waals surface area contributed by atoms with E-state index in [9.17, 15) is 0 Å². The van der Waals surface area contributed by atoms with E-state index in [4.69, 9.17) is 0 Å². The molecule has 0 N–H and O–H groups in total. The van der Waals surface area contributed by atoms with Crippen LogP contribution in [0.5, 0.6) is 0 Å². The first kappa shape index (κ1) is 16.1. The van der Waals surface area contributed by atoms with Crippen molar-refractivity contribution in [3.8, 4) is 0 Å². The zero-order valence-corrected chi connectivity index (χ0v) is 13.8. The van der Waals surface area contributed by atoms with Crippen molar-refractivity contribution in [2.45, 2.75) is 90.4 Å². The molecule has 0 radical (unpaired) electrons. The lowest BCUT2D eigenvalue weighted by Gasteiger charge is -2.28. The summed E-state index contributed by atoms with van der Waals surface area (Å²) in [6, 6.07) is 0. The lowest BCUT2D eigenvalue weighted by Crippen LogP contribution is -2.14. The van der Waals surface area contributed by atoms with Crippen LogP contribution in [0, 0.1) is 23.7 Å². The van der Waals surface area contributed by atoms with Crippen LogP contribution in [-0.4, -0.2) is 0 Å². The maximum absolute atomic E-state index is 3.95. The molecule has 0 aromatic rings. The monoisotopic (exact) mass is 276 g/mol. The van der Waals surface area contributed by atoms with Gasteiger partial charge in [-0.2, -0.15) is 0 Å². The maximum atomic E-state index is 3.95. The molecule has 0 aliphatic heterocycles. The molecule has 0 amide bonds. The van der Waals surface area contributed by atoms with Crippen LogP contribution in [0.3, 0.4) is 0 Å². The smallest absolute Gasteiger partial charge is 0.0236 e. The van der Waals surface area contributed by atoms with Gasteiger partial charge in [-0.05, 0) is 49.4 Å². The molecule has 2 aliphatic rings. The molecule has 0 aromatic heterocycles. The fraction of sp³-hybridized carbons (Fsp3) is 0.900. The molecule has 116 valence electrons. The summed E-state index contributed by atoms with van der Waals surface area (Å²) >= 11 is 0. The zero-order valence-electron chi connectivity index (χ0n) is 13.8. The molecular weight excluding hydrogens is 240 g/mol. The van der Waals surface area contributed by atoms with E-state index in [1.807, 2.05) is 0 Å². The molecule has 0 heterocycles. The Morgan fingerprint density at radius 3 is 1.65 bits per heavy atom. The SMILES string of the molecule is C=CC1CCC(CCCCC2CCC(CC)CC2)CC1. The molecule has 0 bridgehead atoms. The summed E-state index contributed by atoms with van der Waals surface area (Å²) in [5.74, 6) is 4.02. The van der Waals surface area contributed by atoms with Crippen LogP contribution < -0.4 is 0 Å². The molecule has 0 spiro atoms. The van der Waals surface area contributed by atoms with E-state index in [1.54, 1.807) is 0 Å². The van der Waals surface area contributed by atoms with Crippen molar-refractivity contribution in [3.63, 3.8) is 0 Å². The Morgan fingerprint density at radius 2 is 1.20 bits per heavy atom. The number of allylic oxidation sites excluding steroid dienone is 1. The lowest BCUT2D eigenvalue weighted by atomic mass is 9.77. The first-order valence-electron chi connectivity index (χ1n) is 9.44. The van der Waals surface area contributed by atoms with Crippen LogP contribution in [0.4, 0.5) is 0 Å². The highest BCUT2D eigenvalue weighted by molar-refractivity contribution is 4.84. The second kappa shape index (κ2) is 8.90. The van der Waals surface area contributed by atoms with Crippen LogP contribution in [-0.2, 0) is 0 Å². The van der Waals surface area contributed by atoms with Gasteiger partial charge in [0.05, 0.1) is 0 Å². The molecule has 0 atom stereocenters. The first-order valence-corrected chi connectivity index (χ1v) is 9.44. The molecule has 2 fully saturated rings. The minimum Gasteiger partial charge on any atom is -0.103 e. The topological polar surface area (TPSA) is 0 Å². The third-order valence-corrected chi connectivity index (χ3v) is 6.24. The molecule has 0 heteroatoms. The fourth-order valence-corrected chi connectivity index (χ4v) is 4.51. The predicted octanol–water partition coefficient (Wildman–Crippen LogP) is 6.76. The third kappa shape index (κ3) is 5.26. The predicted molar refractivity (Wildman–Crippen MR) is 89.9 cm³/mol. The van der Waals surface area contributed by atoms with E-state index in [-0.39, 0.29) is 0 Å². The summed E-state index contributed by atoms with van der Waals surface area (Å²) < 4.78 is 0. The van der Waals surface area contributed by atoms with Gasteiger partial charge in [-0.25, -0.2) is 0 Å². The molecule has 0 nitrogen and oxygen atoms in total. The standard InChI is InChI=1S/C20H36/c1-3-17-9-13-19(14-10-17)7-5-6-8-20-15-11-18(4-2)12-16-20/h3,17-20H,1,4-16H2,2H3. The van der Waals surface area contributed by atoms with Gasteiger partial charge in [0.15, 0.2) is 0 Å². The van der Waals surface area contributed by atoms with Crippen molar-refractivity contribution >= 4 is 0 Å². The van der Waals surface area contributed by atoms with Crippen LogP contribution in [0.1, 0.15) is 90.4 Å². The van der Waals surface area contributed by atoms with Gasteiger partial charge in [-0.15, -0.1) is 6.58 Å². The Bertz CT molecular complexity index is 251. The van der Waals surface area contributed by atoms with Gasteiger partial charge in [-0.3, -0.25) is 0 Å². The number of unbranched alkanes of at least 4 members (excludes halogenated alkanes) is 1. The maximum Gasteiger partial charge on any atom is -0.0236 e. The van der Waals surface area contributed by atoms with E-state index in [2.05, 4.69) is 19.6 Å². The number of rotatable bonds is 7.